The molecule has 1 N–H and O–H groups in total. The molecule has 2 aromatic carbocycles. The van der Waals surface area contributed by atoms with Crippen molar-refractivity contribution in [2.75, 3.05) is 12.5 Å². The van der Waals surface area contributed by atoms with Crippen molar-refractivity contribution in [2.45, 2.75) is 44.9 Å². The van der Waals surface area contributed by atoms with Gasteiger partial charge in [-0.05, 0) is 104 Å². The average molecular weight is 522 g/mol. The van der Waals surface area contributed by atoms with Crippen LogP contribution in [0.1, 0.15) is 44.9 Å². The molecule has 4 saturated carbocycles. The van der Waals surface area contributed by atoms with E-state index in [4.69, 9.17) is 4.74 Å². The fourth-order valence-corrected chi connectivity index (χ4v) is 7.62. The van der Waals surface area contributed by atoms with Gasteiger partial charge in [0, 0.05) is 21.8 Å². The molecule has 7 heteroatoms. The Morgan fingerprint density at radius 1 is 1.06 bits per heavy atom. The topological polar surface area (TPSA) is 73.2 Å². The summed E-state index contributed by atoms with van der Waals surface area (Å²) in [4.78, 5) is 27.6. The van der Waals surface area contributed by atoms with Gasteiger partial charge in [-0.2, -0.15) is 0 Å². The fraction of sp³-hybridized carbons (Fsp3) is 0.444. The lowest BCUT2D eigenvalue weighted by atomic mass is 9.49. The third-order valence-corrected chi connectivity index (χ3v) is 8.65. The molecule has 176 valence electrons. The number of nitrogens with zero attached hydrogens (tertiary/aromatic N) is 2. The monoisotopic (exact) mass is 521 g/mol. The number of carbonyl (C=O) groups is 1. The Morgan fingerprint density at radius 2 is 1.71 bits per heavy atom. The van der Waals surface area contributed by atoms with Crippen LogP contribution in [0.15, 0.2) is 51.7 Å². The zero-order chi connectivity index (χ0) is 23.4. The first-order chi connectivity index (χ1) is 16.4. The van der Waals surface area contributed by atoms with Gasteiger partial charge in [0.1, 0.15) is 11.4 Å². The van der Waals surface area contributed by atoms with Gasteiger partial charge in [0.25, 0.3) is 5.56 Å². The van der Waals surface area contributed by atoms with Crippen LogP contribution in [0.25, 0.3) is 22.0 Å². The summed E-state index contributed by atoms with van der Waals surface area (Å²) in [5.41, 5.74) is 4.10. The van der Waals surface area contributed by atoms with Gasteiger partial charge in [-0.25, -0.2) is 5.43 Å². The molecule has 3 aromatic rings. The van der Waals surface area contributed by atoms with E-state index in [0.29, 0.717) is 17.5 Å². The first kappa shape index (κ1) is 21.8. The van der Waals surface area contributed by atoms with Gasteiger partial charge >= 0.3 is 0 Å². The van der Waals surface area contributed by atoms with Crippen molar-refractivity contribution in [2.24, 2.45) is 23.2 Å². The quantitative estimate of drug-likeness (QED) is 0.480. The molecule has 4 bridgehead atoms. The Hall–Kier alpha value is -2.67. The summed E-state index contributed by atoms with van der Waals surface area (Å²) in [6, 6.07) is 13.1. The van der Waals surface area contributed by atoms with Crippen molar-refractivity contribution >= 4 is 32.6 Å². The smallest absolute Gasteiger partial charge is 0.294 e. The van der Waals surface area contributed by atoms with Crippen LogP contribution >= 0.6 is 15.9 Å². The highest BCUT2D eigenvalue weighted by atomic mass is 79.9. The van der Waals surface area contributed by atoms with Gasteiger partial charge < -0.3 is 4.74 Å². The van der Waals surface area contributed by atoms with E-state index in [-0.39, 0.29) is 16.9 Å². The number of benzene rings is 2. The maximum atomic E-state index is 13.3. The first-order valence-corrected chi connectivity index (χ1v) is 12.9. The second-order valence-electron chi connectivity index (χ2n) is 10.6. The summed E-state index contributed by atoms with van der Waals surface area (Å²) in [5, 5.41) is 5.86. The lowest BCUT2D eigenvalue weighted by Gasteiger charge is -2.56. The molecule has 4 aliphatic carbocycles. The van der Waals surface area contributed by atoms with Gasteiger partial charge in [-0.1, -0.05) is 15.9 Å². The molecule has 0 radical (unpaired) electrons. The third kappa shape index (κ3) is 3.84. The van der Waals surface area contributed by atoms with Gasteiger partial charge in [-0.3, -0.25) is 9.59 Å². The zero-order valence-corrected chi connectivity index (χ0v) is 20.8. The van der Waals surface area contributed by atoms with E-state index in [0.717, 1.165) is 63.0 Å². The predicted octanol–water partition coefficient (Wildman–Crippen LogP) is 5.51. The van der Waals surface area contributed by atoms with Crippen molar-refractivity contribution in [3.05, 3.63) is 57.3 Å². The summed E-state index contributed by atoms with van der Waals surface area (Å²) in [5.74, 6) is 2.96. The van der Waals surface area contributed by atoms with Crippen LogP contribution in [0.5, 0.6) is 5.75 Å². The molecule has 0 saturated heterocycles. The summed E-state index contributed by atoms with van der Waals surface area (Å²) in [7, 11) is 1.62. The Labute approximate surface area is 206 Å². The van der Waals surface area contributed by atoms with Crippen LogP contribution < -0.4 is 15.7 Å². The van der Waals surface area contributed by atoms with Crippen LogP contribution in [0.3, 0.4) is 0 Å². The zero-order valence-electron chi connectivity index (χ0n) is 19.2. The van der Waals surface area contributed by atoms with Crippen molar-refractivity contribution in [3.8, 4) is 17.0 Å². The molecule has 34 heavy (non-hydrogen) atoms. The molecule has 0 atom stereocenters. The lowest BCUT2D eigenvalue weighted by Crippen LogP contribution is -2.48. The minimum Gasteiger partial charge on any atom is -0.497 e. The molecule has 0 aliphatic heterocycles. The molecular weight excluding hydrogens is 494 g/mol. The number of carbonyl (C=O) groups excluding carboxylic acids is 1. The summed E-state index contributed by atoms with van der Waals surface area (Å²) < 4.78 is 6.14. The highest BCUT2D eigenvalue weighted by Gasteiger charge is 2.51. The molecule has 1 heterocycles. The van der Waals surface area contributed by atoms with Gasteiger partial charge in [0.05, 0.1) is 12.5 Å². The molecule has 1 aromatic heterocycles. The lowest BCUT2D eigenvalue weighted by molar-refractivity contribution is -0.125. The Morgan fingerprint density at radius 3 is 2.32 bits per heavy atom. The van der Waals surface area contributed by atoms with Crippen molar-refractivity contribution in [1.82, 2.24) is 9.89 Å². The number of fused-ring (bicyclic) bond motifs is 1. The Kier molecular flexibility index (Phi) is 5.28. The SMILES string of the molecule is COc1ccc(-c2nn(NC(=O)CC34CC5CC(CC(C5)C3)C4)c(=O)c3ccc(Br)cc23)cc1. The molecule has 4 aliphatic rings. The Balaban J connectivity index is 1.34. The molecule has 6 nitrogen and oxygen atoms in total. The van der Waals surface area contributed by atoms with E-state index in [1.165, 1.54) is 19.3 Å². The molecule has 0 spiro atoms. The Bertz CT molecular complexity index is 1300. The number of methoxy groups -OCH3 is 1. The average Bonchev–Trinajstić information content (AvgIpc) is 2.79. The van der Waals surface area contributed by atoms with Crippen LogP contribution in [0, 0.1) is 23.2 Å². The van der Waals surface area contributed by atoms with Crippen LogP contribution in [0.2, 0.25) is 0 Å². The van der Waals surface area contributed by atoms with Crippen LogP contribution in [0.4, 0.5) is 0 Å². The summed E-state index contributed by atoms with van der Waals surface area (Å²) >= 11 is 3.51. The third-order valence-electron chi connectivity index (χ3n) is 8.15. The number of hydrogen-bond acceptors (Lipinski definition) is 4. The summed E-state index contributed by atoms with van der Waals surface area (Å²) in [6.45, 7) is 0. The second kappa shape index (κ2) is 8.22. The minimum absolute atomic E-state index is 0.100. The van der Waals surface area contributed by atoms with Crippen LogP contribution in [-0.2, 0) is 4.79 Å². The van der Waals surface area contributed by atoms with Crippen molar-refractivity contribution in [3.63, 3.8) is 0 Å². The summed E-state index contributed by atoms with van der Waals surface area (Å²) in [6.07, 6.45) is 7.95. The number of nitrogens with one attached hydrogen (secondary N) is 1. The van der Waals surface area contributed by atoms with Crippen molar-refractivity contribution < 1.29 is 9.53 Å². The standard InChI is InChI=1S/C27H28BrN3O3/c1-34-21-5-2-19(3-6-21)25-23-11-20(28)4-7-22(23)26(33)31(30-25)29-24(32)15-27-12-16-8-17(13-27)10-18(9-16)14-27/h2-7,11,16-18H,8-10,12-15H2,1H3,(H,29,32). The molecule has 1 amide bonds. The number of rotatable bonds is 5. The molecule has 0 unspecified atom stereocenters. The van der Waals surface area contributed by atoms with E-state index >= 15 is 0 Å². The number of ether oxygens (including phenoxy) is 1. The minimum atomic E-state index is -0.321. The molecule has 7 rings (SSSR count). The normalized spacial score (nSPS) is 27.2. The fourth-order valence-electron chi connectivity index (χ4n) is 7.25. The van der Waals surface area contributed by atoms with Gasteiger partial charge in [-0.15, -0.1) is 9.89 Å². The molecular formula is C27H28BrN3O3. The van der Waals surface area contributed by atoms with E-state index < -0.39 is 0 Å². The highest BCUT2D eigenvalue weighted by Crippen LogP contribution is 2.61. The van der Waals surface area contributed by atoms with Gasteiger partial charge in [0.15, 0.2) is 0 Å². The molecule has 4 fully saturated rings. The van der Waals surface area contributed by atoms with Crippen LogP contribution in [-0.4, -0.2) is 22.9 Å². The second-order valence-corrected chi connectivity index (χ2v) is 11.5. The van der Waals surface area contributed by atoms with Crippen molar-refractivity contribution in [1.29, 1.82) is 0 Å². The highest BCUT2D eigenvalue weighted by molar-refractivity contribution is 9.10. The maximum Gasteiger partial charge on any atom is 0.294 e. The van der Waals surface area contributed by atoms with E-state index in [1.807, 2.05) is 36.4 Å². The first-order valence-electron chi connectivity index (χ1n) is 12.1. The largest absolute Gasteiger partial charge is 0.497 e. The van der Waals surface area contributed by atoms with E-state index in [1.54, 1.807) is 13.2 Å². The van der Waals surface area contributed by atoms with E-state index in [2.05, 4.69) is 26.5 Å². The number of aromatic nitrogens is 2. The number of halogens is 1. The maximum absolute atomic E-state index is 13.3. The number of hydrogen-bond donors (Lipinski definition) is 1. The van der Waals surface area contributed by atoms with E-state index in [9.17, 15) is 9.59 Å². The van der Waals surface area contributed by atoms with Gasteiger partial charge in [0.2, 0.25) is 5.91 Å². The predicted molar refractivity (Wildman–Crippen MR) is 135 cm³/mol. The number of amides is 1.